The molecule has 0 atom stereocenters. The van der Waals surface area contributed by atoms with E-state index in [9.17, 15) is 5.11 Å². The van der Waals surface area contributed by atoms with E-state index < -0.39 is 0 Å². The van der Waals surface area contributed by atoms with Gasteiger partial charge in [0.05, 0.1) is 25.3 Å². The summed E-state index contributed by atoms with van der Waals surface area (Å²) in [4.78, 5) is 2.36. The van der Waals surface area contributed by atoms with Crippen LogP contribution in [0.2, 0.25) is 0 Å². The van der Waals surface area contributed by atoms with Crippen LogP contribution in [-0.4, -0.2) is 50.9 Å². The molecule has 0 saturated carbocycles. The highest BCUT2D eigenvalue weighted by atomic mass is 16.5. The molecule has 30 heavy (non-hydrogen) atoms. The van der Waals surface area contributed by atoms with Gasteiger partial charge in [-0.15, -0.1) is 10.2 Å². The van der Waals surface area contributed by atoms with Crippen LogP contribution in [-0.2, 0) is 13.0 Å². The van der Waals surface area contributed by atoms with Crippen molar-refractivity contribution in [3.63, 3.8) is 0 Å². The molecule has 0 bridgehead atoms. The average molecular weight is 402 g/mol. The van der Waals surface area contributed by atoms with Gasteiger partial charge in [-0.1, -0.05) is 30.3 Å². The second-order valence-corrected chi connectivity index (χ2v) is 8.04. The van der Waals surface area contributed by atoms with Crippen LogP contribution in [0, 0.1) is 0 Å². The molecular weight excluding hydrogens is 376 g/mol. The molecule has 0 amide bonds. The van der Waals surface area contributed by atoms with Gasteiger partial charge in [0.15, 0.2) is 11.5 Å². The van der Waals surface area contributed by atoms with E-state index in [1.54, 1.807) is 7.11 Å². The van der Waals surface area contributed by atoms with Gasteiger partial charge >= 0.3 is 0 Å². The third-order valence-electron chi connectivity index (χ3n) is 6.00. The number of aliphatic hydroxyl groups excluding tert-OH is 1. The maximum atomic E-state index is 9.81. The molecule has 0 radical (unpaired) electrons. The topological polar surface area (TPSA) is 62.9 Å². The second-order valence-electron chi connectivity index (χ2n) is 8.04. The molecule has 1 fully saturated rings. The summed E-state index contributed by atoms with van der Waals surface area (Å²) >= 11 is 0. The van der Waals surface area contributed by atoms with Crippen molar-refractivity contribution in [3.05, 3.63) is 71.5 Å². The smallest absolute Gasteiger partial charge is 0.164 e. The van der Waals surface area contributed by atoms with E-state index in [1.807, 2.05) is 12.1 Å². The Balaban J connectivity index is 1.55. The summed E-state index contributed by atoms with van der Waals surface area (Å²) in [5.74, 6) is 1.81. The van der Waals surface area contributed by atoms with Crippen LogP contribution in [0.3, 0.4) is 0 Å². The summed E-state index contributed by atoms with van der Waals surface area (Å²) in [7, 11) is 1.68. The third kappa shape index (κ3) is 3.64. The largest absolute Gasteiger partial charge is 0.497 e. The summed E-state index contributed by atoms with van der Waals surface area (Å²) in [6, 6.07) is 18.8. The lowest BCUT2D eigenvalue weighted by Crippen LogP contribution is -2.35. The van der Waals surface area contributed by atoms with Crippen molar-refractivity contribution in [1.82, 2.24) is 19.5 Å². The lowest BCUT2D eigenvalue weighted by atomic mass is 10.0. The fourth-order valence-electron chi connectivity index (χ4n) is 4.32. The molecule has 0 spiro atoms. The Morgan fingerprint density at radius 3 is 2.57 bits per heavy atom. The number of likely N-dealkylation sites (tertiary alicyclic amines) is 1. The minimum Gasteiger partial charge on any atom is -0.497 e. The molecule has 0 unspecified atom stereocenters. The Morgan fingerprint density at radius 1 is 1.03 bits per heavy atom. The molecule has 154 valence electrons. The minimum absolute atomic E-state index is 0.173. The number of pyridine rings is 1. The van der Waals surface area contributed by atoms with Crippen LogP contribution < -0.4 is 4.74 Å². The monoisotopic (exact) mass is 402 g/mol. The zero-order valence-electron chi connectivity index (χ0n) is 17.2. The fourth-order valence-corrected chi connectivity index (χ4v) is 4.32. The third-order valence-corrected chi connectivity index (χ3v) is 6.00. The van der Waals surface area contributed by atoms with Crippen LogP contribution in [0.5, 0.6) is 5.75 Å². The zero-order chi connectivity index (χ0) is 20.5. The van der Waals surface area contributed by atoms with E-state index >= 15 is 0 Å². The number of fused-ring (bicyclic) bond motifs is 3. The number of piperidine rings is 1. The summed E-state index contributed by atoms with van der Waals surface area (Å²) in [6.07, 6.45) is 2.25. The Hall–Kier alpha value is -2.96. The van der Waals surface area contributed by atoms with Crippen LogP contribution in [0.25, 0.3) is 16.6 Å². The molecule has 0 aliphatic carbocycles. The van der Waals surface area contributed by atoms with Gasteiger partial charge in [-0.2, -0.15) is 0 Å². The van der Waals surface area contributed by atoms with Crippen LogP contribution in [0.1, 0.15) is 29.8 Å². The molecule has 3 heterocycles. The SMILES string of the molecule is COc1ccc(Cc2cc3ccccc3n3c(CN4CCC(O)CC4)nnc23)cc1. The molecule has 5 rings (SSSR count). The summed E-state index contributed by atoms with van der Waals surface area (Å²) in [5.41, 5.74) is 4.41. The Morgan fingerprint density at radius 2 is 1.80 bits per heavy atom. The van der Waals surface area contributed by atoms with Crippen LogP contribution >= 0.6 is 0 Å². The van der Waals surface area contributed by atoms with E-state index in [2.05, 4.69) is 62.0 Å². The summed E-state index contributed by atoms with van der Waals surface area (Å²) < 4.78 is 7.49. The van der Waals surface area contributed by atoms with E-state index in [4.69, 9.17) is 4.74 Å². The van der Waals surface area contributed by atoms with Crippen molar-refractivity contribution in [3.8, 4) is 5.75 Å². The Kier molecular flexibility index (Phi) is 5.11. The van der Waals surface area contributed by atoms with Crippen molar-refractivity contribution < 1.29 is 9.84 Å². The highest BCUT2D eigenvalue weighted by molar-refractivity contribution is 5.84. The molecule has 1 aliphatic heterocycles. The first-order valence-corrected chi connectivity index (χ1v) is 10.5. The lowest BCUT2D eigenvalue weighted by molar-refractivity contribution is 0.0779. The van der Waals surface area contributed by atoms with E-state index in [0.717, 1.165) is 67.2 Å². The van der Waals surface area contributed by atoms with Crippen molar-refractivity contribution in [1.29, 1.82) is 0 Å². The highest BCUT2D eigenvalue weighted by Gasteiger charge is 2.20. The van der Waals surface area contributed by atoms with Gasteiger partial charge in [0, 0.05) is 25.1 Å². The number of benzene rings is 2. The van der Waals surface area contributed by atoms with Crippen molar-refractivity contribution in [2.45, 2.75) is 31.9 Å². The molecule has 1 saturated heterocycles. The number of rotatable bonds is 5. The number of aliphatic hydroxyl groups is 1. The van der Waals surface area contributed by atoms with Gasteiger partial charge in [0.2, 0.25) is 0 Å². The number of para-hydroxylation sites is 1. The predicted molar refractivity (Wildman–Crippen MR) is 117 cm³/mol. The standard InChI is InChI=1S/C24H26N4O2/c1-30-21-8-6-17(7-9-21)14-19-15-18-4-2-3-5-22(18)28-23(25-26-24(19)28)16-27-12-10-20(29)11-13-27/h2-9,15,20,29H,10-14,16H2,1H3. The number of aromatic nitrogens is 3. The summed E-state index contributed by atoms with van der Waals surface area (Å²) in [6.45, 7) is 2.52. The summed E-state index contributed by atoms with van der Waals surface area (Å²) in [5, 5.41) is 20.2. The van der Waals surface area contributed by atoms with E-state index in [-0.39, 0.29) is 6.10 Å². The van der Waals surface area contributed by atoms with Crippen molar-refractivity contribution in [2.75, 3.05) is 20.2 Å². The number of ether oxygens (including phenoxy) is 1. The normalized spacial score (nSPS) is 15.8. The second kappa shape index (κ2) is 8.05. The van der Waals surface area contributed by atoms with Crippen molar-refractivity contribution in [2.24, 2.45) is 0 Å². The Bertz CT molecular complexity index is 1160. The van der Waals surface area contributed by atoms with Crippen LogP contribution in [0.4, 0.5) is 0 Å². The molecule has 6 heteroatoms. The highest BCUT2D eigenvalue weighted by Crippen LogP contribution is 2.25. The number of hydrogen-bond donors (Lipinski definition) is 1. The predicted octanol–water partition coefficient (Wildman–Crippen LogP) is 3.44. The first kappa shape index (κ1) is 19.0. The van der Waals surface area contributed by atoms with Gasteiger partial charge in [0.25, 0.3) is 0 Å². The maximum absolute atomic E-state index is 9.81. The zero-order valence-corrected chi connectivity index (χ0v) is 17.2. The maximum Gasteiger partial charge on any atom is 0.164 e. The Labute approximate surface area is 175 Å². The van der Waals surface area contributed by atoms with Gasteiger partial charge < -0.3 is 9.84 Å². The van der Waals surface area contributed by atoms with Gasteiger partial charge in [0.1, 0.15) is 5.75 Å². The van der Waals surface area contributed by atoms with Crippen molar-refractivity contribution >= 4 is 16.6 Å². The van der Waals surface area contributed by atoms with E-state index in [0.29, 0.717) is 0 Å². The molecule has 6 nitrogen and oxygen atoms in total. The fraction of sp³-hybridized carbons (Fsp3) is 0.333. The molecule has 1 N–H and O–H groups in total. The molecule has 2 aromatic heterocycles. The minimum atomic E-state index is -0.173. The van der Waals surface area contributed by atoms with Crippen LogP contribution in [0.15, 0.2) is 54.6 Å². The molecule has 1 aliphatic rings. The quantitative estimate of drug-likeness (QED) is 0.554. The number of hydrogen-bond acceptors (Lipinski definition) is 5. The van der Waals surface area contributed by atoms with E-state index in [1.165, 1.54) is 10.9 Å². The lowest BCUT2D eigenvalue weighted by Gasteiger charge is -2.28. The average Bonchev–Trinajstić information content (AvgIpc) is 3.20. The van der Waals surface area contributed by atoms with Gasteiger partial charge in [-0.05, 0) is 48.1 Å². The number of methoxy groups -OCH3 is 1. The number of nitrogens with zero attached hydrogens (tertiary/aromatic N) is 4. The van der Waals surface area contributed by atoms with Gasteiger partial charge in [-0.25, -0.2) is 0 Å². The molecule has 2 aromatic carbocycles. The molecule has 4 aromatic rings. The van der Waals surface area contributed by atoms with Gasteiger partial charge in [-0.3, -0.25) is 9.30 Å². The molecular formula is C24H26N4O2. The first-order chi connectivity index (χ1) is 14.7. The first-order valence-electron chi connectivity index (χ1n) is 10.5.